The van der Waals surface area contributed by atoms with Gasteiger partial charge in [-0.05, 0) is 24.6 Å². The molecule has 1 aromatic carbocycles. The fourth-order valence-corrected chi connectivity index (χ4v) is 1.24. The third-order valence-electron chi connectivity index (χ3n) is 1.97. The third-order valence-corrected chi connectivity index (χ3v) is 1.97. The zero-order valence-corrected chi connectivity index (χ0v) is 8.79. The highest BCUT2D eigenvalue weighted by Gasteiger charge is 2.06. The average molecular weight is 220 g/mol. The van der Waals surface area contributed by atoms with Crippen LogP contribution >= 0.6 is 0 Å². The Balaban J connectivity index is 2.56. The first-order chi connectivity index (χ1) is 7.63. The predicted octanol–water partition coefficient (Wildman–Crippen LogP) is 1.55. The van der Waals surface area contributed by atoms with Crippen molar-refractivity contribution in [1.29, 1.82) is 0 Å². The summed E-state index contributed by atoms with van der Waals surface area (Å²) in [5, 5.41) is 2.63. The lowest BCUT2D eigenvalue weighted by Crippen LogP contribution is -2.24. The number of carbonyl (C=O) groups excluding carboxylic acids is 1. The van der Waals surface area contributed by atoms with E-state index in [1.165, 1.54) is 6.07 Å². The lowest BCUT2D eigenvalue weighted by Gasteiger charge is -2.05. The summed E-state index contributed by atoms with van der Waals surface area (Å²) in [7, 11) is 0. The summed E-state index contributed by atoms with van der Waals surface area (Å²) in [6, 6.07) is 3.74. The minimum absolute atomic E-state index is 0.221. The van der Waals surface area contributed by atoms with Crippen LogP contribution in [-0.2, 0) is 0 Å². The van der Waals surface area contributed by atoms with Gasteiger partial charge in [0.1, 0.15) is 5.82 Å². The van der Waals surface area contributed by atoms with Gasteiger partial charge in [-0.2, -0.15) is 0 Å². The van der Waals surface area contributed by atoms with E-state index >= 15 is 0 Å². The summed E-state index contributed by atoms with van der Waals surface area (Å²) >= 11 is 0. The van der Waals surface area contributed by atoms with Gasteiger partial charge in [-0.15, -0.1) is 12.3 Å². The summed E-state index contributed by atoms with van der Waals surface area (Å²) in [5.74, 6) is 1.60. The predicted molar refractivity (Wildman–Crippen MR) is 61.2 cm³/mol. The van der Waals surface area contributed by atoms with Crippen molar-refractivity contribution in [3.05, 3.63) is 29.6 Å². The third kappa shape index (κ3) is 3.62. The maximum absolute atomic E-state index is 12.9. The van der Waals surface area contributed by atoms with Gasteiger partial charge in [-0.25, -0.2) is 4.39 Å². The minimum atomic E-state index is -0.520. The molecule has 1 aromatic rings. The molecule has 84 valence electrons. The molecule has 0 aliphatic carbocycles. The number of rotatable bonds is 4. The highest BCUT2D eigenvalue weighted by Crippen LogP contribution is 2.10. The number of hydrogen-bond donors (Lipinski definition) is 2. The summed E-state index contributed by atoms with van der Waals surface area (Å²) in [4.78, 5) is 11.5. The fraction of sp³-hybridized carbons (Fsp3) is 0.250. The molecule has 0 aliphatic heterocycles. The number of amides is 1. The van der Waals surface area contributed by atoms with Gasteiger partial charge in [0.05, 0.1) is 0 Å². The van der Waals surface area contributed by atoms with E-state index in [0.29, 0.717) is 19.4 Å². The van der Waals surface area contributed by atoms with Gasteiger partial charge in [0.25, 0.3) is 5.91 Å². The van der Waals surface area contributed by atoms with Crippen LogP contribution in [0.5, 0.6) is 0 Å². The SMILES string of the molecule is C#CCCCNC(=O)c1cc(N)cc(F)c1. The largest absolute Gasteiger partial charge is 0.399 e. The van der Waals surface area contributed by atoms with Crippen LogP contribution in [0.2, 0.25) is 0 Å². The highest BCUT2D eigenvalue weighted by atomic mass is 19.1. The molecule has 1 amide bonds. The Morgan fingerprint density at radius 3 is 2.88 bits per heavy atom. The molecule has 0 radical (unpaired) electrons. The molecule has 0 aromatic heterocycles. The highest BCUT2D eigenvalue weighted by molar-refractivity contribution is 5.95. The zero-order valence-electron chi connectivity index (χ0n) is 8.79. The number of nitrogen functional groups attached to an aromatic ring is 1. The summed E-state index contributed by atoms with van der Waals surface area (Å²) < 4.78 is 12.9. The van der Waals surface area contributed by atoms with E-state index in [4.69, 9.17) is 12.2 Å². The second-order valence-corrected chi connectivity index (χ2v) is 3.34. The average Bonchev–Trinajstić information content (AvgIpc) is 2.22. The van der Waals surface area contributed by atoms with Crippen LogP contribution in [0.4, 0.5) is 10.1 Å². The fourth-order valence-electron chi connectivity index (χ4n) is 1.24. The molecule has 16 heavy (non-hydrogen) atoms. The van der Waals surface area contributed by atoms with Crippen molar-refractivity contribution in [2.75, 3.05) is 12.3 Å². The number of unbranched alkanes of at least 4 members (excludes halogenated alkanes) is 1. The van der Waals surface area contributed by atoms with Gasteiger partial charge in [0.2, 0.25) is 0 Å². The maximum Gasteiger partial charge on any atom is 0.251 e. The Kier molecular flexibility index (Phi) is 4.34. The molecular weight excluding hydrogens is 207 g/mol. The second kappa shape index (κ2) is 5.76. The Morgan fingerprint density at radius 2 is 2.25 bits per heavy atom. The molecule has 3 nitrogen and oxygen atoms in total. The van der Waals surface area contributed by atoms with Gasteiger partial charge in [-0.3, -0.25) is 4.79 Å². The minimum Gasteiger partial charge on any atom is -0.399 e. The normalized spacial score (nSPS) is 9.50. The molecule has 0 spiro atoms. The first kappa shape index (κ1) is 12.1. The molecular formula is C12H13FN2O. The van der Waals surface area contributed by atoms with Crippen LogP contribution < -0.4 is 11.1 Å². The first-order valence-corrected chi connectivity index (χ1v) is 4.91. The first-order valence-electron chi connectivity index (χ1n) is 4.91. The van der Waals surface area contributed by atoms with Gasteiger partial charge >= 0.3 is 0 Å². The van der Waals surface area contributed by atoms with E-state index in [9.17, 15) is 9.18 Å². The van der Waals surface area contributed by atoms with Crippen molar-refractivity contribution in [3.8, 4) is 12.3 Å². The second-order valence-electron chi connectivity index (χ2n) is 3.34. The Bertz CT molecular complexity index is 403. The number of nitrogens with two attached hydrogens (primary N) is 1. The van der Waals surface area contributed by atoms with Gasteiger partial charge in [0.15, 0.2) is 0 Å². The number of benzene rings is 1. The molecule has 0 saturated carbocycles. The smallest absolute Gasteiger partial charge is 0.251 e. The van der Waals surface area contributed by atoms with Crippen LogP contribution in [0.25, 0.3) is 0 Å². The number of anilines is 1. The molecule has 4 heteroatoms. The zero-order chi connectivity index (χ0) is 12.0. The Morgan fingerprint density at radius 1 is 1.50 bits per heavy atom. The summed E-state index contributed by atoms with van der Waals surface area (Å²) in [6.07, 6.45) is 6.37. The maximum atomic E-state index is 12.9. The van der Waals surface area contributed by atoms with E-state index in [2.05, 4.69) is 11.2 Å². The van der Waals surface area contributed by atoms with Crippen molar-refractivity contribution in [3.63, 3.8) is 0 Å². The molecule has 0 saturated heterocycles. The number of carbonyl (C=O) groups is 1. The van der Waals surface area contributed by atoms with Crippen LogP contribution in [0.1, 0.15) is 23.2 Å². The van der Waals surface area contributed by atoms with Crippen molar-refractivity contribution in [2.45, 2.75) is 12.8 Å². The molecule has 1 rings (SSSR count). The lowest BCUT2D eigenvalue weighted by atomic mass is 10.2. The number of halogens is 1. The molecule has 0 fully saturated rings. The van der Waals surface area contributed by atoms with Crippen LogP contribution in [0.3, 0.4) is 0 Å². The van der Waals surface area contributed by atoms with Gasteiger partial charge in [-0.1, -0.05) is 0 Å². The van der Waals surface area contributed by atoms with Crippen molar-refractivity contribution in [2.24, 2.45) is 0 Å². The van der Waals surface area contributed by atoms with Gasteiger partial charge < -0.3 is 11.1 Å². The van der Waals surface area contributed by atoms with Crippen LogP contribution in [0, 0.1) is 18.2 Å². The number of hydrogen-bond acceptors (Lipinski definition) is 2. The van der Waals surface area contributed by atoms with E-state index in [1.807, 2.05) is 0 Å². The molecule has 0 heterocycles. The summed E-state index contributed by atoms with van der Waals surface area (Å²) in [6.45, 7) is 0.472. The summed E-state index contributed by atoms with van der Waals surface area (Å²) in [5.41, 5.74) is 5.88. The number of terminal acetylenes is 1. The molecule has 0 aliphatic rings. The Hall–Kier alpha value is -2.02. The van der Waals surface area contributed by atoms with Crippen molar-refractivity contribution >= 4 is 11.6 Å². The topological polar surface area (TPSA) is 55.1 Å². The Labute approximate surface area is 93.8 Å². The standard InChI is InChI=1S/C12H13FN2O/c1-2-3-4-5-15-12(16)9-6-10(13)8-11(14)7-9/h1,6-8H,3-5,14H2,(H,15,16). The van der Waals surface area contributed by atoms with Gasteiger partial charge in [0, 0.05) is 24.2 Å². The van der Waals surface area contributed by atoms with E-state index in [1.54, 1.807) is 0 Å². The molecule has 0 unspecified atom stereocenters. The van der Waals surface area contributed by atoms with E-state index in [-0.39, 0.29) is 17.2 Å². The quantitative estimate of drug-likeness (QED) is 0.459. The van der Waals surface area contributed by atoms with E-state index < -0.39 is 5.82 Å². The molecule has 0 bridgehead atoms. The molecule has 3 N–H and O–H groups in total. The van der Waals surface area contributed by atoms with Crippen LogP contribution in [0.15, 0.2) is 18.2 Å². The van der Waals surface area contributed by atoms with E-state index in [0.717, 1.165) is 12.1 Å². The van der Waals surface area contributed by atoms with Crippen molar-refractivity contribution in [1.82, 2.24) is 5.32 Å². The van der Waals surface area contributed by atoms with Crippen LogP contribution in [-0.4, -0.2) is 12.5 Å². The molecule has 0 atom stereocenters. The lowest BCUT2D eigenvalue weighted by molar-refractivity contribution is 0.0953. The van der Waals surface area contributed by atoms with Crippen molar-refractivity contribution < 1.29 is 9.18 Å². The monoisotopic (exact) mass is 220 g/mol. The number of nitrogens with one attached hydrogen (secondary N) is 1.